The zero-order chi connectivity index (χ0) is 23.8. The van der Waals surface area contributed by atoms with Crippen molar-refractivity contribution < 1.29 is 4.79 Å². The minimum absolute atomic E-state index is 0.0286. The smallest absolute Gasteiger partial charge is 0.260 e. The molecule has 166 valence electrons. The highest BCUT2D eigenvalue weighted by atomic mass is 79.9. The molecular formula is C28H19BrN2O3. The highest BCUT2D eigenvalue weighted by Crippen LogP contribution is 2.31. The van der Waals surface area contributed by atoms with E-state index in [0.717, 1.165) is 31.9 Å². The van der Waals surface area contributed by atoms with Gasteiger partial charge in [-0.3, -0.25) is 14.4 Å². The number of benzene rings is 3. The number of carbonyl (C=O) groups excluding carboxylic acids is 1. The van der Waals surface area contributed by atoms with Crippen molar-refractivity contribution in [3.05, 3.63) is 121 Å². The molecule has 34 heavy (non-hydrogen) atoms. The molecule has 2 N–H and O–H groups in total. The number of H-pyrrole nitrogens is 2. The first kappa shape index (κ1) is 21.8. The SMILES string of the molecule is Cc1ccc2cc(/C=C/C(=O)c3c(-c4ccccc4)c4cc(Br)ccc4[nH]c3=O)c(=O)[nH]c2c1. The molecule has 3 aromatic carbocycles. The van der Waals surface area contributed by atoms with E-state index in [2.05, 4.69) is 25.9 Å². The van der Waals surface area contributed by atoms with Gasteiger partial charge in [-0.15, -0.1) is 0 Å². The van der Waals surface area contributed by atoms with E-state index in [9.17, 15) is 14.4 Å². The average Bonchev–Trinajstić information content (AvgIpc) is 2.82. The lowest BCUT2D eigenvalue weighted by molar-refractivity contribution is 0.104. The van der Waals surface area contributed by atoms with Gasteiger partial charge < -0.3 is 9.97 Å². The third kappa shape index (κ3) is 4.04. The normalized spacial score (nSPS) is 11.5. The molecule has 0 saturated heterocycles. The van der Waals surface area contributed by atoms with Gasteiger partial charge in [-0.05, 0) is 65.9 Å². The van der Waals surface area contributed by atoms with Crippen molar-refractivity contribution in [2.45, 2.75) is 6.92 Å². The lowest BCUT2D eigenvalue weighted by Crippen LogP contribution is -2.19. The summed E-state index contributed by atoms with van der Waals surface area (Å²) in [6.45, 7) is 1.95. The predicted octanol–water partition coefficient (Wildman–Crippen LogP) is 6.00. The van der Waals surface area contributed by atoms with E-state index in [1.807, 2.05) is 67.6 Å². The summed E-state index contributed by atoms with van der Waals surface area (Å²) in [5.41, 5.74) is 3.30. The van der Waals surface area contributed by atoms with Crippen molar-refractivity contribution in [1.82, 2.24) is 9.97 Å². The molecule has 6 heteroatoms. The second-order valence-electron chi connectivity index (χ2n) is 8.10. The zero-order valence-electron chi connectivity index (χ0n) is 18.2. The maximum absolute atomic E-state index is 13.4. The first-order valence-electron chi connectivity index (χ1n) is 10.7. The summed E-state index contributed by atoms with van der Waals surface area (Å²) in [4.78, 5) is 44.6. The van der Waals surface area contributed by atoms with Crippen LogP contribution in [0.1, 0.15) is 21.5 Å². The van der Waals surface area contributed by atoms with Gasteiger partial charge in [-0.2, -0.15) is 0 Å². The highest BCUT2D eigenvalue weighted by Gasteiger charge is 2.19. The van der Waals surface area contributed by atoms with E-state index in [1.54, 1.807) is 12.1 Å². The number of pyridine rings is 2. The second-order valence-corrected chi connectivity index (χ2v) is 9.02. The summed E-state index contributed by atoms with van der Waals surface area (Å²) < 4.78 is 0.830. The fourth-order valence-corrected chi connectivity index (χ4v) is 4.47. The number of rotatable bonds is 4. The van der Waals surface area contributed by atoms with Crippen LogP contribution in [0.4, 0.5) is 0 Å². The van der Waals surface area contributed by atoms with Crippen molar-refractivity contribution in [2.75, 3.05) is 0 Å². The standard InChI is InChI=1S/C28H19BrN2O3/c1-16-7-8-18-14-19(27(33)31-23(18)13-16)9-12-24(32)26-25(17-5-3-2-4-6-17)21-15-20(29)10-11-22(21)30-28(26)34/h2-15H,1H3,(H,30,34)(H,31,33)/b12-9+. The van der Waals surface area contributed by atoms with Gasteiger partial charge in [0.05, 0.1) is 5.56 Å². The first-order valence-corrected chi connectivity index (χ1v) is 11.5. The van der Waals surface area contributed by atoms with E-state index in [-0.39, 0.29) is 11.1 Å². The van der Waals surface area contributed by atoms with Crippen LogP contribution in [0.3, 0.4) is 0 Å². The second kappa shape index (κ2) is 8.72. The lowest BCUT2D eigenvalue weighted by atomic mass is 9.94. The van der Waals surface area contributed by atoms with E-state index < -0.39 is 11.3 Å². The molecule has 2 heterocycles. The number of fused-ring (bicyclic) bond motifs is 2. The monoisotopic (exact) mass is 510 g/mol. The molecule has 5 rings (SSSR count). The van der Waals surface area contributed by atoms with Crippen LogP contribution in [0, 0.1) is 6.92 Å². The van der Waals surface area contributed by atoms with Crippen LogP contribution in [-0.2, 0) is 0 Å². The molecule has 0 amide bonds. The molecular weight excluding hydrogens is 492 g/mol. The lowest BCUT2D eigenvalue weighted by Gasteiger charge is -2.12. The summed E-state index contributed by atoms with van der Waals surface area (Å²) in [5, 5.41) is 1.60. The van der Waals surface area contributed by atoms with Gasteiger partial charge in [0.25, 0.3) is 11.1 Å². The number of aromatic nitrogens is 2. The molecule has 0 aliphatic heterocycles. The van der Waals surface area contributed by atoms with Crippen LogP contribution < -0.4 is 11.1 Å². The number of nitrogens with one attached hydrogen (secondary N) is 2. The van der Waals surface area contributed by atoms with Crippen LogP contribution in [-0.4, -0.2) is 15.8 Å². The van der Waals surface area contributed by atoms with E-state index in [4.69, 9.17) is 0 Å². The van der Waals surface area contributed by atoms with E-state index in [0.29, 0.717) is 16.6 Å². The number of allylic oxidation sites excluding steroid dienone is 1. The topological polar surface area (TPSA) is 82.8 Å². The predicted molar refractivity (Wildman–Crippen MR) is 140 cm³/mol. The van der Waals surface area contributed by atoms with Crippen LogP contribution in [0.25, 0.3) is 39.0 Å². The summed E-state index contributed by atoms with van der Waals surface area (Å²) in [6.07, 6.45) is 2.74. The summed E-state index contributed by atoms with van der Waals surface area (Å²) in [6, 6.07) is 22.4. The first-order chi connectivity index (χ1) is 16.4. The Hall–Kier alpha value is -4.03. The van der Waals surface area contributed by atoms with Crippen molar-refractivity contribution in [2.24, 2.45) is 0 Å². The Morgan fingerprint density at radius 3 is 2.41 bits per heavy atom. The molecule has 2 aromatic heterocycles. The van der Waals surface area contributed by atoms with Crippen LogP contribution in [0.15, 0.2) is 92.9 Å². The molecule has 0 aliphatic rings. The maximum atomic E-state index is 13.4. The molecule has 0 saturated carbocycles. The Morgan fingerprint density at radius 1 is 0.853 bits per heavy atom. The Bertz CT molecular complexity index is 1730. The van der Waals surface area contributed by atoms with Crippen LogP contribution >= 0.6 is 15.9 Å². The third-order valence-corrected chi connectivity index (χ3v) is 6.22. The third-order valence-electron chi connectivity index (χ3n) is 5.73. The number of ketones is 1. The van der Waals surface area contributed by atoms with Crippen molar-refractivity contribution >= 4 is 49.6 Å². The largest absolute Gasteiger partial charge is 0.321 e. The Morgan fingerprint density at radius 2 is 1.62 bits per heavy atom. The molecule has 0 aliphatic carbocycles. The van der Waals surface area contributed by atoms with E-state index >= 15 is 0 Å². The summed E-state index contributed by atoms with van der Waals surface area (Å²) in [7, 11) is 0. The molecule has 5 nitrogen and oxygen atoms in total. The molecule has 0 radical (unpaired) electrons. The average molecular weight is 511 g/mol. The van der Waals surface area contributed by atoms with Gasteiger partial charge in [0.2, 0.25) is 0 Å². The van der Waals surface area contributed by atoms with Crippen molar-refractivity contribution in [3.8, 4) is 11.1 Å². The Labute approximate surface area is 202 Å². The minimum atomic E-state index is -0.481. The number of aromatic amines is 2. The van der Waals surface area contributed by atoms with Gasteiger partial charge in [0.15, 0.2) is 5.78 Å². The fourth-order valence-electron chi connectivity index (χ4n) is 4.11. The number of carbonyl (C=O) groups is 1. The molecule has 0 spiro atoms. The van der Waals surface area contributed by atoms with Crippen molar-refractivity contribution in [3.63, 3.8) is 0 Å². The number of halogens is 1. The van der Waals surface area contributed by atoms with Crippen LogP contribution in [0.5, 0.6) is 0 Å². The van der Waals surface area contributed by atoms with E-state index in [1.165, 1.54) is 12.2 Å². The molecule has 0 fully saturated rings. The Kier molecular flexibility index (Phi) is 5.59. The van der Waals surface area contributed by atoms with Gasteiger partial charge in [0, 0.05) is 32.0 Å². The van der Waals surface area contributed by atoms with Gasteiger partial charge in [-0.1, -0.05) is 58.4 Å². The van der Waals surface area contributed by atoms with Crippen LogP contribution in [0.2, 0.25) is 0 Å². The van der Waals surface area contributed by atoms with Gasteiger partial charge >= 0.3 is 0 Å². The highest BCUT2D eigenvalue weighted by molar-refractivity contribution is 9.10. The molecule has 0 unspecified atom stereocenters. The van der Waals surface area contributed by atoms with Gasteiger partial charge in [0.1, 0.15) is 0 Å². The summed E-state index contributed by atoms with van der Waals surface area (Å²) in [5.74, 6) is -0.481. The molecule has 0 bridgehead atoms. The number of hydrogen-bond donors (Lipinski definition) is 2. The fraction of sp³-hybridized carbons (Fsp3) is 0.0357. The minimum Gasteiger partial charge on any atom is -0.321 e. The maximum Gasteiger partial charge on any atom is 0.260 e. The quantitative estimate of drug-likeness (QED) is 0.229. The zero-order valence-corrected chi connectivity index (χ0v) is 19.8. The Balaban J connectivity index is 1.66. The van der Waals surface area contributed by atoms with Gasteiger partial charge in [-0.25, -0.2) is 0 Å². The number of aryl methyl sites for hydroxylation is 1. The summed E-state index contributed by atoms with van der Waals surface area (Å²) >= 11 is 3.48. The molecule has 0 atom stereocenters. The van der Waals surface area contributed by atoms with Crippen molar-refractivity contribution in [1.29, 1.82) is 0 Å². The number of hydrogen-bond acceptors (Lipinski definition) is 3. The molecule has 5 aromatic rings.